The minimum Gasteiger partial charge on any atom is -0.373 e. The summed E-state index contributed by atoms with van der Waals surface area (Å²) < 4.78 is 5.80. The molecular weight excluding hydrogens is 316 g/mol. The molecule has 132 valence electrons. The molecule has 6 heteroatoms. The summed E-state index contributed by atoms with van der Waals surface area (Å²) in [5.41, 5.74) is 2.67. The zero-order chi connectivity index (χ0) is 17.6. The van der Waals surface area contributed by atoms with Crippen molar-refractivity contribution >= 4 is 5.91 Å². The summed E-state index contributed by atoms with van der Waals surface area (Å²) in [6.07, 6.45) is 5.03. The van der Waals surface area contributed by atoms with Crippen LogP contribution in [0.5, 0.6) is 0 Å². The number of amides is 1. The second-order valence-corrected chi connectivity index (χ2v) is 6.49. The van der Waals surface area contributed by atoms with Gasteiger partial charge in [-0.05, 0) is 25.0 Å². The zero-order valence-electron chi connectivity index (χ0n) is 14.7. The van der Waals surface area contributed by atoms with E-state index in [9.17, 15) is 4.79 Å². The first-order valence-electron chi connectivity index (χ1n) is 8.60. The molecule has 1 saturated heterocycles. The van der Waals surface area contributed by atoms with Crippen molar-refractivity contribution in [2.45, 2.75) is 39.1 Å². The Bertz CT molecular complexity index is 698. The maximum Gasteiger partial charge on any atom is 0.271 e. The lowest BCUT2D eigenvalue weighted by molar-refractivity contribution is -0.0705. The van der Waals surface area contributed by atoms with Crippen molar-refractivity contribution in [3.8, 4) is 0 Å². The predicted molar refractivity (Wildman–Crippen MR) is 94.9 cm³/mol. The molecule has 0 aliphatic carbocycles. The molecule has 1 aromatic carbocycles. The second kappa shape index (κ2) is 8.18. The fourth-order valence-corrected chi connectivity index (χ4v) is 3.22. The van der Waals surface area contributed by atoms with Gasteiger partial charge in [-0.25, -0.2) is 4.98 Å². The molecule has 1 N–H and O–H groups in total. The third-order valence-corrected chi connectivity index (χ3v) is 4.24. The van der Waals surface area contributed by atoms with Gasteiger partial charge >= 0.3 is 0 Å². The molecule has 1 aliphatic rings. The van der Waals surface area contributed by atoms with Gasteiger partial charge in [-0.1, -0.05) is 24.3 Å². The molecule has 2 atom stereocenters. The van der Waals surface area contributed by atoms with Gasteiger partial charge in [-0.2, -0.15) is 0 Å². The van der Waals surface area contributed by atoms with Crippen LogP contribution in [0.25, 0.3) is 0 Å². The minimum atomic E-state index is -0.212. The van der Waals surface area contributed by atoms with Crippen molar-refractivity contribution in [1.82, 2.24) is 20.2 Å². The van der Waals surface area contributed by atoms with E-state index in [0.717, 1.165) is 25.2 Å². The van der Waals surface area contributed by atoms with Crippen LogP contribution in [0.1, 0.15) is 35.5 Å². The van der Waals surface area contributed by atoms with Gasteiger partial charge in [0.1, 0.15) is 5.69 Å². The lowest BCUT2D eigenvalue weighted by Gasteiger charge is -2.35. The smallest absolute Gasteiger partial charge is 0.271 e. The highest BCUT2D eigenvalue weighted by Gasteiger charge is 2.22. The molecule has 25 heavy (non-hydrogen) atoms. The number of carbonyl (C=O) groups is 1. The molecular formula is C19H24N4O2. The van der Waals surface area contributed by atoms with Gasteiger partial charge in [0, 0.05) is 38.6 Å². The van der Waals surface area contributed by atoms with E-state index in [4.69, 9.17) is 4.74 Å². The van der Waals surface area contributed by atoms with Crippen LogP contribution in [-0.4, -0.2) is 46.1 Å². The minimum absolute atomic E-state index is 0.212. The summed E-state index contributed by atoms with van der Waals surface area (Å²) in [7, 11) is 0. The fraction of sp³-hybridized carbons (Fsp3) is 0.421. The highest BCUT2D eigenvalue weighted by atomic mass is 16.5. The van der Waals surface area contributed by atoms with Crippen LogP contribution in [0.2, 0.25) is 0 Å². The number of rotatable bonds is 5. The second-order valence-electron chi connectivity index (χ2n) is 6.49. The number of benzene rings is 1. The number of aromatic nitrogens is 2. The molecule has 2 aromatic rings. The van der Waals surface area contributed by atoms with Gasteiger partial charge < -0.3 is 10.1 Å². The van der Waals surface area contributed by atoms with E-state index in [0.29, 0.717) is 12.2 Å². The highest BCUT2D eigenvalue weighted by Crippen LogP contribution is 2.17. The summed E-state index contributed by atoms with van der Waals surface area (Å²) in [6.45, 7) is 7.39. The van der Waals surface area contributed by atoms with Crippen LogP contribution in [0, 0.1) is 0 Å². The van der Waals surface area contributed by atoms with Crippen LogP contribution >= 0.6 is 0 Å². The van der Waals surface area contributed by atoms with Crippen molar-refractivity contribution in [1.29, 1.82) is 0 Å². The van der Waals surface area contributed by atoms with Gasteiger partial charge in [-0.15, -0.1) is 0 Å². The van der Waals surface area contributed by atoms with E-state index in [2.05, 4.69) is 46.2 Å². The van der Waals surface area contributed by atoms with Gasteiger partial charge in [0.25, 0.3) is 5.91 Å². The Balaban J connectivity index is 1.64. The summed E-state index contributed by atoms with van der Waals surface area (Å²) in [5.74, 6) is -0.212. The number of hydrogen-bond donors (Lipinski definition) is 1. The number of nitrogens with zero attached hydrogens (tertiary/aromatic N) is 3. The first kappa shape index (κ1) is 17.5. The average Bonchev–Trinajstić information content (AvgIpc) is 2.60. The van der Waals surface area contributed by atoms with Gasteiger partial charge in [0.15, 0.2) is 0 Å². The number of hydrogen-bond acceptors (Lipinski definition) is 5. The molecule has 0 bridgehead atoms. The zero-order valence-corrected chi connectivity index (χ0v) is 14.7. The Morgan fingerprint density at radius 3 is 2.60 bits per heavy atom. The Kier molecular flexibility index (Phi) is 5.73. The Morgan fingerprint density at radius 1 is 1.20 bits per heavy atom. The molecule has 1 aliphatic heterocycles. The van der Waals surface area contributed by atoms with Gasteiger partial charge in [0.2, 0.25) is 0 Å². The van der Waals surface area contributed by atoms with Crippen molar-refractivity contribution in [2.75, 3.05) is 13.1 Å². The molecule has 0 unspecified atom stereocenters. The lowest BCUT2D eigenvalue weighted by atomic mass is 10.1. The molecule has 0 saturated carbocycles. The van der Waals surface area contributed by atoms with Crippen LogP contribution in [-0.2, 0) is 17.8 Å². The standard InChI is InChI=1S/C19H24N4O2/c1-14-11-23(12-15(2)25-14)13-17-6-4-3-5-16(17)9-22-19(24)18-10-20-7-8-21-18/h3-8,10,14-15H,9,11-13H2,1-2H3,(H,22,24)/t14-,15-/m1/s1. The monoisotopic (exact) mass is 340 g/mol. The number of nitrogens with one attached hydrogen (secondary N) is 1. The van der Waals surface area contributed by atoms with E-state index < -0.39 is 0 Å². The molecule has 1 amide bonds. The van der Waals surface area contributed by atoms with E-state index in [1.54, 1.807) is 6.20 Å². The van der Waals surface area contributed by atoms with E-state index >= 15 is 0 Å². The molecule has 1 fully saturated rings. The van der Waals surface area contributed by atoms with Crippen molar-refractivity contribution in [2.24, 2.45) is 0 Å². The first-order valence-corrected chi connectivity index (χ1v) is 8.60. The van der Waals surface area contributed by atoms with Crippen molar-refractivity contribution in [3.05, 3.63) is 59.7 Å². The lowest BCUT2D eigenvalue weighted by Crippen LogP contribution is -2.45. The van der Waals surface area contributed by atoms with E-state index in [1.165, 1.54) is 18.0 Å². The molecule has 0 spiro atoms. The Labute approximate surface area is 148 Å². The maximum absolute atomic E-state index is 12.2. The SMILES string of the molecule is C[C@@H]1CN(Cc2ccccc2CNC(=O)c2cnccn2)C[C@@H](C)O1. The number of ether oxygens (including phenoxy) is 1. The quantitative estimate of drug-likeness (QED) is 0.902. The van der Waals surface area contributed by atoms with Gasteiger partial charge in [-0.3, -0.25) is 14.7 Å². The summed E-state index contributed by atoms with van der Waals surface area (Å²) in [6, 6.07) is 8.21. The number of carbonyl (C=O) groups excluding carboxylic acids is 1. The normalized spacial score (nSPS) is 21.0. The summed E-state index contributed by atoms with van der Waals surface area (Å²) >= 11 is 0. The molecule has 3 rings (SSSR count). The number of morpholine rings is 1. The topological polar surface area (TPSA) is 67.4 Å². The summed E-state index contributed by atoms with van der Waals surface area (Å²) in [5, 5.41) is 2.93. The van der Waals surface area contributed by atoms with Crippen LogP contribution in [0.3, 0.4) is 0 Å². The fourth-order valence-electron chi connectivity index (χ4n) is 3.22. The van der Waals surface area contributed by atoms with Crippen LogP contribution in [0.15, 0.2) is 42.9 Å². The first-order chi connectivity index (χ1) is 12.1. The Morgan fingerprint density at radius 2 is 1.92 bits per heavy atom. The third kappa shape index (κ3) is 4.84. The molecule has 0 radical (unpaired) electrons. The van der Waals surface area contributed by atoms with Crippen LogP contribution in [0.4, 0.5) is 0 Å². The van der Waals surface area contributed by atoms with Crippen LogP contribution < -0.4 is 5.32 Å². The predicted octanol–water partition coefficient (Wildman–Crippen LogP) is 2.02. The molecule has 6 nitrogen and oxygen atoms in total. The summed E-state index contributed by atoms with van der Waals surface area (Å²) in [4.78, 5) is 22.5. The Hall–Kier alpha value is -2.31. The maximum atomic E-state index is 12.2. The van der Waals surface area contributed by atoms with E-state index in [-0.39, 0.29) is 18.1 Å². The molecule has 1 aromatic heterocycles. The van der Waals surface area contributed by atoms with Crippen molar-refractivity contribution in [3.63, 3.8) is 0 Å². The average molecular weight is 340 g/mol. The van der Waals surface area contributed by atoms with Crippen molar-refractivity contribution < 1.29 is 9.53 Å². The largest absolute Gasteiger partial charge is 0.373 e. The molecule has 2 heterocycles. The highest BCUT2D eigenvalue weighted by molar-refractivity contribution is 5.91. The van der Waals surface area contributed by atoms with Gasteiger partial charge in [0.05, 0.1) is 18.4 Å². The third-order valence-electron chi connectivity index (χ3n) is 4.24. The van der Waals surface area contributed by atoms with E-state index in [1.807, 2.05) is 12.1 Å².